The number of hydrogen-bond donors (Lipinski definition) is 2. The van der Waals surface area contributed by atoms with Crippen LogP contribution in [-0.4, -0.2) is 25.3 Å². The fourth-order valence-corrected chi connectivity index (χ4v) is 5.93. The number of nitrogens with zero attached hydrogens (tertiary/aromatic N) is 2. The smallest absolute Gasteiger partial charge is 0.343 e. The van der Waals surface area contributed by atoms with Gasteiger partial charge in [0, 0.05) is 23.1 Å². The van der Waals surface area contributed by atoms with Crippen molar-refractivity contribution in [2.45, 2.75) is 64.5 Å². The number of halogens is 1. The highest BCUT2D eigenvalue weighted by atomic mass is 19.1. The lowest BCUT2D eigenvalue weighted by atomic mass is 9.85. The summed E-state index contributed by atoms with van der Waals surface area (Å²) in [6, 6.07) is 2.71. The number of esters is 1. The van der Waals surface area contributed by atoms with E-state index < -0.39 is 34.5 Å². The molecule has 3 aliphatic heterocycles. The predicted molar refractivity (Wildman–Crippen MR) is 120 cm³/mol. The van der Waals surface area contributed by atoms with Crippen LogP contribution in [0.25, 0.3) is 22.2 Å². The van der Waals surface area contributed by atoms with Crippen molar-refractivity contribution in [1.29, 1.82) is 0 Å². The van der Waals surface area contributed by atoms with Crippen LogP contribution in [0.1, 0.15) is 60.7 Å². The summed E-state index contributed by atoms with van der Waals surface area (Å²) in [6.07, 6.45) is 0.217. The highest BCUT2D eigenvalue weighted by Crippen LogP contribution is 2.40. The van der Waals surface area contributed by atoms with Crippen molar-refractivity contribution in [1.82, 2.24) is 9.13 Å². The summed E-state index contributed by atoms with van der Waals surface area (Å²) in [6.45, 7) is 3.60. The first-order chi connectivity index (χ1) is 16.2. The van der Waals surface area contributed by atoms with E-state index in [4.69, 9.17) is 4.74 Å². The number of carbonyl (C=O) groups is 1. The van der Waals surface area contributed by atoms with Crippen molar-refractivity contribution >= 4 is 16.9 Å². The molecule has 5 heterocycles. The Hall–Kier alpha value is -3.30. The summed E-state index contributed by atoms with van der Waals surface area (Å²) in [7, 11) is 0. The number of benzene rings is 1. The zero-order valence-corrected chi connectivity index (χ0v) is 18.8. The predicted octanol–water partition coefficient (Wildman–Crippen LogP) is 1.98. The third-order valence-electron chi connectivity index (χ3n) is 7.58. The van der Waals surface area contributed by atoms with Gasteiger partial charge in [0.15, 0.2) is 11.0 Å². The van der Waals surface area contributed by atoms with Crippen molar-refractivity contribution < 1.29 is 24.1 Å². The van der Waals surface area contributed by atoms with Crippen LogP contribution < -0.4 is 11.0 Å². The third kappa shape index (κ3) is 2.46. The van der Waals surface area contributed by atoms with Crippen molar-refractivity contribution in [2.75, 3.05) is 0 Å². The van der Waals surface area contributed by atoms with Gasteiger partial charge in [-0.15, -0.1) is 0 Å². The minimum atomic E-state index is -1.97. The molecule has 0 amide bonds. The maximum Gasteiger partial charge on any atom is 0.343 e. The molecule has 8 nitrogen and oxygen atoms in total. The first-order valence-corrected chi connectivity index (χ1v) is 11.4. The molecular formula is C25H23FN2O6. The van der Waals surface area contributed by atoms with E-state index in [1.165, 1.54) is 23.6 Å². The van der Waals surface area contributed by atoms with Crippen molar-refractivity contribution in [2.24, 2.45) is 0 Å². The van der Waals surface area contributed by atoms with Crippen molar-refractivity contribution in [3.8, 4) is 11.3 Å². The SMILES string of the molecule is CC[C@@]1(O)C(=O)OCc2c1cc1n(c2=O)Cc2c-1c(=O)c1cc(F)c(C(C)O)c3c1n2CCC3. The Labute approximate surface area is 192 Å². The second kappa shape index (κ2) is 6.86. The zero-order valence-electron chi connectivity index (χ0n) is 18.8. The summed E-state index contributed by atoms with van der Waals surface area (Å²) in [4.78, 5) is 39.5. The van der Waals surface area contributed by atoms with Crippen LogP contribution in [0.2, 0.25) is 0 Å². The van der Waals surface area contributed by atoms with Crippen LogP contribution in [0.15, 0.2) is 21.7 Å². The standard InChI is InChI=1S/C25H23FN2O6/c1-3-25(33)15-8-17-20-18(9-28(17)23(31)14(15)10-34-24(25)32)27-6-4-5-12-19(11(2)29)16(26)7-13(21(12)27)22(20)30/h7-8,11,29,33H,3-6,9-10H2,1-2H3/t11?,25-/m0/s1. The Morgan fingerprint density at radius 1 is 1.21 bits per heavy atom. The van der Waals surface area contributed by atoms with E-state index in [1.54, 1.807) is 6.92 Å². The molecule has 0 spiro atoms. The van der Waals surface area contributed by atoms with E-state index >= 15 is 4.39 Å². The van der Waals surface area contributed by atoms with Crippen LogP contribution in [0.4, 0.5) is 4.39 Å². The Morgan fingerprint density at radius 2 is 1.97 bits per heavy atom. The van der Waals surface area contributed by atoms with Gasteiger partial charge in [-0.3, -0.25) is 9.59 Å². The number of fused-ring (bicyclic) bond motifs is 5. The van der Waals surface area contributed by atoms with E-state index in [2.05, 4.69) is 0 Å². The van der Waals surface area contributed by atoms with Crippen LogP contribution in [-0.2, 0) is 41.2 Å². The Kier molecular flexibility index (Phi) is 4.29. The molecule has 9 heteroatoms. The number of aromatic nitrogens is 2. The summed E-state index contributed by atoms with van der Waals surface area (Å²) < 4.78 is 23.5. The molecule has 0 bridgehead atoms. The number of pyridine rings is 2. The van der Waals surface area contributed by atoms with Gasteiger partial charge in [-0.1, -0.05) is 6.92 Å². The number of aliphatic hydroxyl groups is 2. The highest BCUT2D eigenvalue weighted by molar-refractivity contribution is 5.90. The number of hydrogen-bond acceptors (Lipinski definition) is 6. The molecule has 0 aliphatic carbocycles. The molecule has 3 aliphatic rings. The van der Waals surface area contributed by atoms with Gasteiger partial charge >= 0.3 is 5.97 Å². The normalized spacial score (nSPS) is 21.1. The molecule has 3 aromatic rings. The molecule has 0 fully saturated rings. The number of aryl methyl sites for hydroxylation is 2. The molecular weight excluding hydrogens is 443 g/mol. The van der Waals surface area contributed by atoms with Crippen LogP contribution in [0, 0.1) is 5.82 Å². The number of rotatable bonds is 2. The molecule has 2 aromatic heterocycles. The van der Waals surface area contributed by atoms with Gasteiger partial charge in [0.1, 0.15) is 12.4 Å². The lowest BCUT2D eigenvalue weighted by molar-refractivity contribution is -0.172. The van der Waals surface area contributed by atoms with Crippen LogP contribution in [0.5, 0.6) is 0 Å². The highest BCUT2D eigenvalue weighted by Gasteiger charge is 2.45. The first kappa shape index (κ1) is 21.2. The Bertz CT molecular complexity index is 1570. The van der Waals surface area contributed by atoms with Crippen LogP contribution in [0.3, 0.4) is 0 Å². The topological polar surface area (TPSA) is 111 Å². The summed E-state index contributed by atoms with van der Waals surface area (Å²) >= 11 is 0. The lowest BCUT2D eigenvalue weighted by Crippen LogP contribution is -2.44. The van der Waals surface area contributed by atoms with Crippen molar-refractivity contribution in [3.63, 3.8) is 0 Å². The van der Waals surface area contributed by atoms with E-state index in [0.29, 0.717) is 41.9 Å². The average Bonchev–Trinajstić information content (AvgIpc) is 3.20. The molecule has 0 saturated heterocycles. The first-order valence-electron chi connectivity index (χ1n) is 11.4. The average molecular weight is 466 g/mol. The van der Waals surface area contributed by atoms with Gasteiger partial charge in [-0.25, -0.2) is 9.18 Å². The van der Waals surface area contributed by atoms with Crippen molar-refractivity contribution in [3.05, 3.63) is 66.5 Å². The Balaban J connectivity index is 1.72. The van der Waals surface area contributed by atoms with E-state index in [0.717, 1.165) is 0 Å². The molecule has 1 unspecified atom stereocenters. The largest absolute Gasteiger partial charge is 0.458 e. The van der Waals surface area contributed by atoms with E-state index in [9.17, 15) is 24.6 Å². The summed E-state index contributed by atoms with van der Waals surface area (Å²) in [5.41, 5.74) is 0.183. The minimum Gasteiger partial charge on any atom is -0.458 e. The van der Waals surface area contributed by atoms with Gasteiger partial charge in [0.25, 0.3) is 5.56 Å². The lowest BCUT2D eigenvalue weighted by Gasteiger charge is -2.31. The molecule has 2 N–H and O–H groups in total. The number of ether oxygens (including phenoxy) is 1. The maximum atomic E-state index is 15.0. The zero-order chi connectivity index (χ0) is 24.1. The number of aliphatic hydroxyl groups excluding tert-OH is 1. The minimum absolute atomic E-state index is 0.00717. The number of carbonyl (C=O) groups excluding carboxylic acids is 1. The van der Waals surface area contributed by atoms with Gasteiger partial charge in [0.05, 0.1) is 40.7 Å². The second-order valence-electron chi connectivity index (χ2n) is 9.33. The fraction of sp³-hybridized carbons (Fsp3) is 0.400. The molecule has 0 saturated carbocycles. The summed E-state index contributed by atoms with van der Waals surface area (Å²) in [5, 5.41) is 21.4. The monoisotopic (exact) mass is 466 g/mol. The number of cyclic esters (lactones) is 1. The summed E-state index contributed by atoms with van der Waals surface area (Å²) in [5.74, 6) is -1.46. The quantitative estimate of drug-likeness (QED) is 0.437. The molecule has 6 rings (SSSR count). The van der Waals surface area contributed by atoms with Gasteiger partial charge in [0.2, 0.25) is 0 Å². The van der Waals surface area contributed by atoms with Gasteiger partial charge in [-0.2, -0.15) is 0 Å². The fourth-order valence-electron chi connectivity index (χ4n) is 5.93. The van der Waals surface area contributed by atoms with Gasteiger partial charge in [-0.05, 0) is 43.9 Å². The Morgan fingerprint density at radius 3 is 2.68 bits per heavy atom. The molecule has 2 atom stereocenters. The maximum absolute atomic E-state index is 15.0. The molecule has 0 radical (unpaired) electrons. The molecule has 34 heavy (non-hydrogen) atoms. The third-order valence-corrected chi connectivity index (χ3v) is 7.58. The second-order valence-corrected chi connectivity index (χ2v) is 9.33. The molecule has 1 aromatic carbocycles. The van der Waals surface area contributed by atoms with Gasteiger partial charge < -0.3 is 24.1 Å². The molecule has 176 valence electrons. The van der Waals surface area contributed by atoms with E-state index in [1.807, 2.05) is 4.57 Å². The van der Waals surface area contributed by atoms with Crippen LogP contribution >= 0.6 is 0 Å². The van der Waals surface area contributed by atoms with E-state index in [-0.39, 0.29) is 47.2 Å².